The van der Waals surface area contributed by atoms with E-state index in [1.54, 1.807) is 24.5 Å². The summed E-state index contributed by atoms with van der Waals surface area (Å²) in [6.07, 6.45) is 6.75. The van der Waals surface area contributed by atoms with Crippen molar-refractivity contribution >= 4 is 28.6 Å². The van der Waals surface area contributed by atoms with Gasteiger partial charge in [0.25, 0.3) is 0 Å². The zero-order valence-electron chi connectivity index (χ0n) is 14.2. The van der Waals surface area contributed by atoms with Crippen molar-refractivity contribution in [3.05, 3.63) is 93.5 Å². The Hall–Kier alpha value is -2.98. The van der Waals surface area contributed by atoms with Gasteiger partial charge in [-0.3, -0.25) is 4.79 Å². The molecular weight excluding hydrogens is 364 g/mol. The molecule has 0 bridgehead atoms. The van der Waals surface area contributed by atoms with E-state index in [2.05, 4.69) is 0 Å². The van der Waals surface area contributed by atoms with E-state index in [4.69, 9.17) is 25.5 Å². The highest BCUT2D eigenvalue weighted by Gasteiger charge is 2.43. The Morgan fingerprint density at radius 1 is 1.07 bits per heavy atom. The molecule has 0 N–H and O–H groups in total. The van der Waals surface area contributed by atoms with E-state index in [0.717, 1.165) is 5.56 Å². The molecule has 5 heteroatoms. The predicted octanol–water partition coefficient (Wildman–Crippen LogP) is 4.92. The van der Waals surface area contributed by atoms with Gasteiger partial charge in [-0.2, -0.15) is 0 Å². The van der Waals surface area contributed by atoms with E-state index in [9.17, 15) is 4.79 Å². The van der Waals surface area contributed by atoms with Crippen LogP contribution < -0.4 is 10.2 Å². The van der Waals surface area contributed by atoms with Crippen LogP contribution in [-0.2, 0) is 4.74 Å². The molecule has 3 atom stereocenters. The van der Waals surface area contributed by atoms with E-state index in [-0.39, 0.29) is 23.2 Å². The van der Waals surface area contributed by atoms with Crippen LogP contribution in [-0.4, -0.2) is 12.2 Å². The van der Waals surface area contributed by atoms with E-state index in [1.165, 1.54) is 0 Å². The molecule has 0 spiro atoms. The van der Waals surface area contributed by atoms with Crippen LogP contribution in [0.4, 0.5) is 0 Å². The predicted molar refractivity (Wildman–Crippen MR) is 104 cm³/mol. The molecule has 0 radical (unpaired) electrons. The fourth-order valence-corrected chi connectivity index (χ4v) is 3.73. The molecule has 0 amide bonds. The van der Waals surface area contributed by atoms with Crippen molar-refractivity contribution in [2.75, 3.05) is 0 Å². The van der Waals surface area contributed by atoms with Gasteiger partial charge in [0.15, 0.2) is 18.0 Å². The molecule has 3 aromatic rings. The van der Waals surface area contributed by atoms with E-state index < -0.39 is 6.10 Å². The maximum Gasteiger partial charge on any atom is 0.234 e. The summed E-state index contributed by atoms with van der Waals surface area (Å²) in [6, 6.07) is 14.9. The van der Waals surface area contributed by atoms with Gasteiger partial charge in [-0.25, -0.2) is 0 Å². The van der Waals surface area contributed by atoms with Gasteiger partial charge in [-0.15, -0.1) is 0 Å². The molecule has 2 aliphatic rings. The van der Waals surface area contributed by atoms with E-state index in [1.807, 2.05) is 48.6 Å². The van der Waals surface area contributed by atoms with Crippen molar-refractivity contribution in [3.63, 3.8) is 0 Å². The second-order valence-corrected chi connectivity index (χ2v) is 7.01. The normalized spacial score (nSPS) is 23.1. The van der Waals surface area contributed by atoms with Gasteiger partial charge in [-0.1, -0.05) is 48.0 Å². The first-order valence-electron chi connectivity index (χ1n) is 8.69. The van der Waals surface area contributed by atoms with E-state index in [0.29, 0.717) is 21.8 Å². The number of benzene rings is 2. The first-order chi connectivity index (χ1) is 13.2. The minimum atomic E-state index is -0.405. The monoisotopic (exact) mass is 378 g/mol. The lowest BCUT2D eigenvalue weighted by atomic mass is 9.92. The number of halogens is 1. The Morgan fingerprint density at radius 3 is 2.78 bits per heavy atom. The van der Waals surface area contributed by atoms with Crippen LogP contribution in [0, 0.1) is 0 Å². The number of ether oxygens (including phenoxy) is 2. The lowest BCUT2D eigenvalue weighted by molar-refractivity contribution is 0.0331. The summed E-state index contributed by atoms with van der Waals surface area (Å²) >= 11 is 6.05. The van der Waals surface area contributed by atoms with Crippen molar-refractivity contribution in [3.8, 4) is 5.75 Å². The lowest BCUT2D eigenvalue weighted by Gasteiger charge is -2.31. The smallest absolute Gasteiger partial charge is 0.234 e. The maximum atomic E-state index is 13.0. The molecule has 0 unspecified atom stereocenters. The number of hydrogen-bond donors (Lipinski definition) is 0. The van der Waals surface area contributed by atoms with Gasteiger partial charge >= 0.3 is 0 Å². The summed E-state index contributed by atoms with van der Waals surface area (Å²) in [5, 5.41) is 0.890. The van der Waals surface area contributed by atoms with Crippen LogP contribution in [0.5, 0.6) is 5.75 Å². The average molecular weight is 379 g/mol. The zero-order chi connectivity index (χ0) is 18.4. The van der Waals surface area contributed by atoms with Crippen LogP contribution >= 0.6 is 11.6 Å². The van der Waals surface area contributed by atoms with Crippen LogP contribution in [0.25, 0.3) is 17.0 Å². The molecule has 1 aromatic heterocycles. The summed E-state index contributed by atoms with van der Waals surface area (Å²) < 4.78 is 17.8. The molecule has 2 aliphatic heterocycles. The molecule has 3 heterocycles. The molecule has 4 nitrogen and oxygen atoms in total. The van der Waals surface area contributed by atoms with Gasteiger partial charge in [-0.05, 0) is 35.9 Å². The van der Waals surface area contributed by atoms with Crippen molar-refractivity contribution in [1.82, 2.24) is 0 Å². The third-order valence-electron chi connectivity index (χ3n) is 4.87. The van der Waals surface area contributed by atoms with Crippen molar-refractivity contribution < 1.29 is 13.9 Å². The zero-order valence-corrected chi connectivity index (χ0v) is 14.9. The lowest BCUT2D eigenvalue weighted by Crippen LogP contribution is -2.39. The van der Waals surface area contributed by atoms with Crippen LogP contribution in [0.3, 0.4) is 0 Å². The Labute approximate surface area is 160 Å². The highest BCUT2D eigenvalue weighted by molar-refractivity contribution is 6.31. The minimum absolute atomic E-state index is 0.174. The molecule has 27 heavy (non-hydrogen) atoms. The summed E-state index contributed by atoms with van der Waals surface area (Å²) in [5.74, 6) is 0.550. The second-order valence-electron chi connectivity index (χ2n) is 6.57. The number of hydrogen-bond acceptors (Lipinski definition) is 4. The first kappa shape index (κ1) is 16.2. The maximum absolute atomic E-state index is 13.0. The molecule has 0 saturated heterocycles. The SMILES string of the molecule is O=c1c2c(oc3ccc(Cl)cc13)[C@@H]1C=CO[C@@H]1[C@@H](/C=C/c1ccccc1)O2. The summed E-state index contributed by atoms with van der Waals surface area (Å²) in [6.45, 7) is 0. The summed E-state index contributed by atoms with van der Waals surface area (Å²) in [4.78, 5) is 13.0. The van der Waals surface area contributed by atoms with Crippen LogP contribution in [0.15, 0.2) is 76.2 Å². The molecule has 134 valence electrons. The molecule has 0 fully saturated rings. The fraction of sp³-hybridized carbons (Fsp3) is 0.136. The third-order valence-corrected chi connectivity index (χ3v) is 5.11. The van der Waals surface area contributed by atoms with Crippen molar-refractivity contribution in [2.24, 2.45) is 0 Å². The summed E-state index contributed by atoms with van der Waals surface area (Å²) in [5.41, 5.74) is 1.32. The van der Waals surface area contributed by atoms with Crippen molar-refractivity contribution in [1.29, 1.82) is 0 Å². The highest BCUT2D eigenvalue weighted by atomic mass is 35.5. The number of fused-ring (bicyclic) bond motifs is 4. The Bertz CT molecular complexity index is 1130. The van der Waals surface area contributed by atoms with Gasteiger partial charge in [0, 0.05) is 5.02 Å². The number of rotatable bonds is 2. The highest BCUT2D eigenvalue weighted by Crippen LogP contribution is 2.42. The Kier molecular flexibility index (Phi) is 3.80. The molecule has 0 aliphatic carbocycles. The minimum Gasteiger partial charge on any atom is -0.493 e. The quantitative estimate of drug-likeness (QED) is 0.635. The average Bonchev–Trinajstić information content (AvgIpc) is 3.18. The van der Waals surface area contributed by atoms with E-state index >= 15 is 0 Å². The summed E-state index contributed by atoms with van der Waals surface area (Å²) in [7, 11) is 0. The van der Waals surface area contributed by atoms with Crippen LogP contribution in [0.2, 0.25) is 5.02 Å². The standard InChI is InChI=1S/C22H15ClO4/c23-14-7-9-17-16(12-14)19(24)22-21(26-17)15-10-11-25-20(15)18(27-22)8-6-13-4-2-1-3-5-13/h1-12,15,18,20H/b8-6+/t15-,18-,20+/m1/s1. The van der Waals surface area contributed by atoms with Gasteiger partial charge in [0.1, 0.15) is 5.58 Å². The molecule has 0 saturated carbocycles. The molecule has 5 rings (SSSR count). The largest absolute Gasteiger partial charge is 0.493 e. The fourth-order valence-electron chi connectivity index (χ4n) is 3.55. The molecular formula is C22H15ClO4. The Balaban J connectivity index is 1.60. The first-order valence-corrected chi connectivity index (χ1v) is 9.07. The third kappa shape index (κ3) is 2.73. The second kappa shape index (κ2) is 6.32. The van der Waals surface area contributed by atoms with Gasteiger partial charge in [0.2, 0.25) is 11.2 Å². The molecule has 2 aromatic carbocycles. The van der Waals surface area contributed by atoms with Gasteiger partial charge < -0.3 is 13.9 Å². The van der Waals surface area contributed by atoms with Crippen LogP contribution in [0.1, 0.15) is 17.2 Å². The Morgan fingerprint density at radius 2 is 1.93 bits per heavy atom. The van der Waals surface area contributed by atoms with Crippen molar-refractivity contribution in [2.45, 2.75) is 18.1 Å². The van der Waals surface area contributed by atoms with Gasteiger partial charge in [0.05, 0.1) is 17.6 Å². The topological polar surface area (TPSA) is 48.7 Å².